The van der Waals surface area contributed by atoms with Crippen LogP contribution in [0.25, 0.3) is 0 Å². The lowest BCUT2D eigenvalue weighted by atomic mass is 10.1. The zero-order chi connectivity index (χ0) is 24.8. The topological polar surface area (TPSA) is 129 Å². The van der Waals surface area contributed by atoms with Crippen molar-refractivity contribution in [2.75, 3.05) is 6.61 Å². The molecule has 9 heteroatoms. The molecule has 3 aromatic carbocycles. The molecular formula is C26H22O9. The molecule has 9 nitrogen and oxygen atoms in total. The zero-order valence-corrected chi connectivity index (χ0v) is 18.4. The lowest BCUT2D eigenvalue weighted by molar-refractivity contribution is -0.279. The first-order valence-corrected chi connectivity index (χ1v) is 10.7. The van der Waals surface area contributed by atoms with Crippen molar-refractivity contribution in [1.82, 2.24) is 0 Å². The molecule has 3 atom stereocenters. The van der Waals surface area contributed by atoms with E-state index in [0.29, 0.717) is 0 Å². The maximum atomic E-state index is 12.6. The molecular weight excluding hydrogens is 456 g/mol. The van der Waals surface area contributed by atoms with Crippen molar-refractivity contribution in [3.05, 3.63) is 108 Å². The molecule has 1 saturated heterocycles. The summed E-state index contributed by atoms with van der Waals surface area (Å²) >= 11 is 0. The van der Waals surface area contributed by atoms with Crippen molar-refractivity contribution >= 4 is 17.9 Å². The van der Waals surface area contributed by atoms with Crippen molar-refractivity contribution in [2.24, 2.45) is 0 Å². The summed E-state index contributed by atoms with van der Waals surface area (Å²) in [6.45, 7) is -0.511. The highest BCUT2D eigenvalue weighted by atomic mass is 16.8. The molecule has 0 unspecified atom stereocenters. The fraction of sp³-hybridized carbons (Fsp3) is 0.192. The average Bonchev–Trinajstić information content (AvgIpc) is 3.12. The van der Waals surface area contributed by atoms with Gasteiger partial charge in [-0.05, 0) is 36.4 Å². The molecule has 0 spiro atoms. The SMILES string of the molecule is O=C(OC[C@H]1O[C@H](OC(=O)c2ccccc2)C(O)(O)[C@@H]1OC(=O)c1ccccc1)c1ccccc1. The van der Waals surface area contributed by atoms with E-state index in [1.54, 1.807) is 54.6 Å². The van der Waals surface area contributed by atoms with Crippen LogP contribution in [0.15, 0.2) is 91.0 Å². The number of benzene rings is 3. The van der Waals surface area contributed by atoms with Crippen molar-refractivity contribution in [3.63, 3.8) is 0 Å². The molecule has 3 aromatic rings. The zero-order valence-electron chi connectivity index (χ0n) is 18.4. The highest BCUT2D eigenvalue weighted by Crippen LogP contribution is 2.34. The van der Waals surface area contributed by atoms with Gasteiger partial charge in [-0.3, -0.25) is 0 Å². The summed E-state index contributed by atoms with van der Waals surface area (Å²) in [6, 6.07) is 23.8. The van der Waals surface area contributed by atoms with Crippen LogP contribution in [0.3, 0.4) is 0 Å². The van der Waals surface area contributed by atoms with Gasteiger partial charge in [-0.25, -0.2) is 14.4 Å². The quantitative estimate of drug-likeness (QED) is 0.299. The molecule has 0 aliphatic carbocycles. The van der Waals surface area contributed by atoms with Gasteiger partial charge in [-0.1, -0.05) is 54.6 Å². The van der Waals surface area contributed by atoms with Crippen molar-refractivity contribution in [1.29, 1.82) is 0 Å². The maximum Gasteiger partial charge on any atom is 0.340 e. The van der Waals surface area contributed by atoms with E-state index >= 15 is 0 Å². The van der Waals surface area contributed by atoms with Crippen LogP contribution in [0.2, 0.25) is 0 Å². The Balaban J connectivity index is 1.53. The second kappa shape index (κ2) is 10.5. The van der Waals surface area contributed by atoms with Crippen LogP contribution < -0.4 is 0 Å². The second-order valence-corrected chi connectivity index (χ2v) is 7.72. The predicted octanol–water partition coefficient (Wildman–Crippen LogP) is 2.33. The van der Waals surface area contributed by atoms with Crippen LogP contribution in [0.4, 0.5) is 0 Å². The highest BCUT2D eigenvalue weighted by molar-refractivity contribution is 5.90. The van der Waals surface area contributed by atoms with Gasteiger partial charge in [0.15, 0.2) is 6.10 Å². The molecule has 0 aromatic heterocycles. The third kappa shape index (κ3) is 5.55. The summed E-state index contributed by atoms with van der Waals surface area (Å²) in [5.41, 5.74) is 0.548. The van der Waals surface area contributed by atoms with E-state index in [2.05, 4.69) is 0 Å². The number of aliphatic hydroxyl groups is 2. The number of esters is 3. The molecule has 2 N–H and O–H groups in total. The number of ether oxygens (including phenoxy) is 4. The largest absolute Gasteiger partial charge is 0.459 e. The van der Waals surface area contributed by atoms with Gasteiger partial charge in [0.25, 0.3) is 12.1 Å². The van der Waals surface area contributed by atoms with Crippen LogP contribution in [0.5, 0.6) is 0 Å². The van der Waals surface area contributed by atoms with E-state index in [4.69, 9.17) is 18.9 Å². The molecule has 0 radical (unpaired) electrons. The maximum absolute atomic E-state index is 12.6. The van der Waals surface area contributed by atoms with Crippen LogP contribution in [-0.4, -0.2) is 59.0 Å². The van der Waals surface area contributed by atoms with Gasteiger partial charge in [0, 0.05) is 0 Å². The lowest BCUT2D eigenvalue weighted by Crippen LogP contribution is -2.52. The van der Waals surface area contributed by atoms with E-state index in [1.807, 2.05) is 0 Å². The molecule has 0 saturated carbocycles. The minimum absolute atomic E-state index is 0.142. The number of hydrogen-bond donors (Lipinski definition) is 2. The summed E-state index contributed by atoms with van der Waals surface area (Å²) in [4.78, 5) is 37.5. The molecule has 180 valence electrons. The van der Waals surface area contributed by atoms with Crippen LogP contribution in [0, 0.1) is 0 Å². The monoisotopic (exact) mass is 478 g/mol. The van der Waals surface area contributed by atoms with Gasteiger partial charge in [0.1, 0.15) is 12.7 Å². The van der Waals surface area contributed by atoms with E-state index in [-0.39, 0.29) is 16.7 Å². The first-order chi connectivity index (χ1) is 16.9. The molecule has 0 bridgehead atoms. The average molecular weight is 478 g/mol. The van der Waals surface area contributed by atoms with Gasteiger partial charge in [0.05, 0.1) is 16.7 Å². The van der Waals surface area contributed by atoms with Crippen LogP contribution >= 0.6 is 0 Å². The van der Waals surface area contributed by atoms with Gasteiger partial charge in [-0.15, -0.1) is 0 Å². The first-order valence-electron chi connectivity index (χ1n) is 10.7. The minimum atomic E-state index is -2.93. The lowest BCUT2D eigenvalue weighted by Gasteiger charge is -2.27. The summed E-state index contributed by atoms with van der Waals surface area (Å²) in [5, 5.41) is 21.6. The Morgan fingerprint density at radius 2 is 1.11 bits per heavy atom. The Morgan fingerprint density at radius 3 is 1.60 bits per heavy atom. The summed E-state index contributed by atoms with van der Waals surface area (Å²) in [7, 11) is 0. The van der Waals surface area contributed by atoms with Gasteiger partial charge in [0.2, 0.25) is 0 Å². The van der Waals surface area contributed by atoms with Crippen molar-refractivity contribution < 1.29 is 43.5 Å². The molecule has 35 heavy (non-hydrogen) atoms. The molecule has 4 rings (SSSR count). The Morgan fingerprint density at radius 1 is 0.686 bits per heavy atom. The smallest absolute Gasteiger partial charge is 0.340 e. The Bertz CT molecular complexity index is 1160. The second-order valence-electron chi connectivity index (χ2n) is 7.72. The van der Waals surface area contributed by atoms with Crippen LogP contribution in [0.1, 0.15) is 31.1 Å². The minimum Gasteiger partial charge on any atom is -0.459 e. The van der Waals surface area contributed by atoms with Crippen LogP contribution in [-0.2, 0) is 18.9 Å². The standard InChI is InChI=1S/C26H22O9/c27-22(17-10-4-1-5-11-17)32-16-20-21(34-23(28)18-12-6-2-7-13-18)26(30,31)25(33-20)35-24(29)19-14-8-3-9-15-19/h1-15,20-21,25,30-31H,16H2/t20-,21-,25-/m1/s1. The number of carbonyl (C=O) groups is 3. The summed E-state index contributed by atoms with van der Waals surface area (Å²) in [6.07, 6.45) is -5.02. The fourth-order valence-electron chi connectivity index (χ4n) is 3.45. The van der Waals surface area contributed by atoms with Gasteiger partial charge in [-0.2, -0.15) is 0 Å². The summed E-state index contributed by atoms with van der Waals surface area (Å²) < 4.78 is 21.2. The Labute approximate surface area is 200 Å². The molecule has 0 amide bonds. The van der Waals surface area contributed by atoms with Crippen molar-refractivity contribution in [3.8, 4) is 0 Å². The molecule has 1 aliphatic rings. The number of carbonyl (C=O) groups excluding carboxylic acids is 3. The van der Waals surface area contributed by atoms with Crippen molar-refractivity contribution in [2.45, 2.75) is 24.3 Å². The predicted molar refractivity (Wildman–Crippen MR) is 120 cm³/mol. The van der Waals surface area contributed by atoms with Gasteiger partial charge < -0.3 is 29.2 Å². The third-order valence-electron chi connectivity index (χ3n) is 5.26. The number of hydrogen-bond acceptors (Lipinski definition) is 9. The molecule has 1 aliphatic heterocycles. The van der Waals surface area contributed by atoms with E-state index in [0.717, 1.165) is 0 Å². The number of rotatable bonds is 7. The highest BCUT2D eigenvalue weighted by Gasteiger charge is 2.60. The third-order valence-corrected chi connectivity index (χ3v) is 5.26. The first kappa shape index (κ1) is 24.1. The Hall–Kier alpha value is -4.05. The van der Waals surface area contributed by atoms with E-state index in [1.165, 1.54) is 36.4 Å². The summed E-state index contributed by atoms with van der Waals surface area (Å²) in [5.74, 6) is -5.40. The molecule has 1 heterocycles. The fourth-order valence-corrected chi connectivity index (χ4v) is 3.45. The van der Waals surface area contributed by atoms with E-state index in [9.17, 15) is 24.6 Å². The molecule has 1 fully saturated rings. The van der Waals surface area contributed by atoms with Gasteiger partial charge >= 0.3 is 17.9 Å². The normalized spacial score (nSPS) is 20.6. The van der Waals surface area contributed by atoms with E-state index < -0.39 is 48.8 Å². The Kier molecular flexibility index (Phi) is 7.21.